The topological polar surface area (TPSA) is 35.7 Å². The molecule has 4 nitrogen and oxygen atoms in total. The summed E-state index contributed by atoms with van der Waals surface area (Å²) in [7, 11) is 2.21. The van der Waals surface area contributed by atoms with Gasteiger partial charge in [0.05, 0.1) is 0 Å². The summed E-state index contributed by atoms with van der Waals surface area (Å²) in [5.74, 6) is 0. The van der Waals surface area contributed by atoms with Crippen molar-refractivity contribution in [1.29, 1.82) is 0 Å². The first-order chi connectivity index (χ1) is 7.74. The van der Waals surface area contributed by atoms with Crippen molar-refractivity contribution in [3.63, 3.8) is 0 Å². The maximum absolute atomic E-state index is 5.99. The number of hydrogen-bond acceptors (Lipinski definition) is 4. The molecule has 0 amide bonds. The van der Waals surface area contributed by atoms with Gasteiger partial charge in [0.15, 0.2) is 0 Å². The van der Waals surface area contributed by atoms with E-state index in [4.69, 9.17) is 5.73 Å². The van der Waals surface area contributed by atoms with Crippen LogP contribution in [0.1, 0.15) is 12.8 Å². The Balaban J connectivity index is 1.63. The smallest absolute Gasteiger partial charge is 0.0168 e. The molecule has 2 saturated heterocycles. The van der Waals surface area contributed by atoms with Gasteiger partial charge in [-0.3, -0.25) is 4.90 Å². The minimum Gasteiger partial charge on any atom is -0.327 e. The van der Waals surface area contributed by atoms with Gasteiger partial charge in [0.2, 0.25) is 0 Å². The van der Waals surface area contributed by atoms with Gasteiger partial charge in [-0.2, -0.15) is 0 Å². The van der Waals surface area contributed by atoms with Crippen LogP contribution in [0.3, 0.4) is 0 Å². The highest BCUT2D eigenvalue weighted by Crippen LogP contribution is 2.08. The van der Waals surface area contributed by atoms with E-state index in [1.165, 1.54) is 58.7 Å². The summed E-state index contributed by atoms with van der Waals surface area (Å²) in [4.78, 5) is 7.53. The fourth-order valence-electron chi connectivity index (χ4n) is 2.65. The highest BCUT2D eigenvalue weighted by atomic mass is 15.3. The van der Waals surface area contributed by atoms with E-state index in [0.29, 0.717) is 6.04 Å². The SMILES string of the molecule is CN1CCN(CCN2CCC[C@@H](N)C2)CC1. The Kier molecular flexibility index (Phi) is 4.58. The summed E-state index contributed by atoms with van der Waals surface area (Å²) in [6.07, 6.45) is 2.49. The van der Waals surface area contributed by atoms with Crippen molar-refractivity contribution in [2.75, 3.05) is 59.4 Å². The Morgan fingerprint density at radius 1 is 1.00 bits per heavy atom. The number of likely N-dealkylation sites (tertiary alicyclic amines) is 1. The Labute approximate surface area is 99.4 Å². The molecule has 0 aromatic heterocycles. The molecule has 0 saturated carbocycles. The van der Waals surface area contributed by atoms with E-state index in [2.05, 4.69) is 21.7 Å². The molecule has 0 aromatic carbocycles. The molecule has 2 fully saturated rings. The molecule has 94 valence electrons. The van der Waals surface area contributed by atoms with Gasteiger partial charge in [-0.15, -0.1) is 0 Å². The Hall–Kier alpha value is -0.160. The molecule has 2 heterocycles. The predicted molar refractivity (Wildman–Crippen MR) is 67.6 cm³/mol. The number of rotatable bonds is 3. The fourth-order valence-corrected chi connectivity index (χ4v) is 2.65. The zero-order chi connectivity index (χ0) is 11.4. The van der Waals surface area contributed by atoms with E-state index < -0.39 is 0 Å². The van der Waals surface area contributed by atoms with Crippen LogP contribution in [0.2, 0.25) is 0 Å². The summed E-state index contributed by atoms with van der Waals surface area (Å²) in [6.45, 7) is 9.69. The highest BCUT2D eigenvalue weighted by molar-refractivity contribution is 4.77. The second-order valence-corrected chi connectivity index (χ2v) is 5.35. The lowest BCUT2D eigenvalue weighted by molar-refractivity contribution is 0.125. The Bertz CT molecular complexity index is 201. The minimum atomic E-state index is 0.418. The van der Waals surface area contributed by atoms with Gasteiger partial charge in [-0.05, 0) is 26.4 Å². The van der Waals surface area contributed by atoms with Crippen molar-refractivity contribution in [2.24, 2.45) is 5.73 Å². The molecular formula is C12H26N4. The third-order valence-electron chi connectivity index (χ3n) is 3.87. The standard InChI is InChI=1S/C12H26N4/c1-14-5-7-15(8-6-14)9-10-16-4-2-3-12(13)11-16/h12H,2-11,13H2,1H3/t12-/m1/s1. The van der Waals surface area contributed by atoms with Gasteiger partial charge in [0.25, 0.3) is 0 Å². The molecule has 1 atom stereocenters. The molecular weight excluding hydrogens is 200 g/mol. The molecule has 16 heavy (non-hydrogen) atoms. The zero-order valence-corrected chi connectivity index (χ0v) is 10.6. The summed E-state index contributed by atoms with van der Waals surface area (Å²) in [5, 5.41) is 0. The molecule has 2 aliphatic heterocycles. The molecule has 0 spiro atoms. The minimum absolute atomic E-state index is 0.418. The van der Waals surface area contributed by atoms with Crippen molar-refractivity contribution in [3.8, 4) is 0 Å². The molecule has 0 unspecified atom stereocenters. The third-order valence-corrected chi connectivity index (χ3v) is 3.87. The van der Waals surface area contributed by atoms with Gasteiger partial charge in [-0.1, -0.05) is 0 Å². The third kappa shape index (κ3) is 3.70. The van der Waals surface area contributed by atoms with Crippen LogP contribution < -0.4 is 5.73 Å². The quantitative estimate of drug-likeness (QED) is 0.714. The average Bonchev–Trinajstić information content (AvgIpc) is 2.28. The second-order valence-electron chi connectivity index (χ2n) is 5.35. The number of piperazine rings is 1. The van der Waals surface area contributed by atoms with Gasteiger partial charge in [-0.25, -0.2) is 0 Å². The maximum atomic E-state index is 5.99. The van der Waals surface area contributed by atoms with E-state index in [9.17, 15) is 0 Å². The molecule has 0 aliphatic carbocycles. The Morgan fingerprint density at radius 2 is 1.69 bits per heavy atom. The van der Waals surface area contributed by atoms with Crippen LogP contribution in [-0.4, -0.2) is 80.1 Å². The molecule has 0 radical (unpaired) electrons. The van der Waals surface area contributed by atoms with Crippen molar-refractivity contribution in [1.82, 2.24) is 14.7 Å². The van der Waals surface area contributed by atoms with Crippen molar-refractivity contribution in [2.45, 2.75) is 18.9 Å². The van der Waals surface area contributed by atoms with Gasteiger partial charge >= 0.3 is 0 Å². The lowest BCUT2D eigenvalue weighted by Gasteiger charge is -2.35. The second kappa shape index (κ2) is 5.96. The van der Waals surface area contributed by atoms with Gasteiger partial charge in [0, 0.05) is 51.9 Å². The van der Waals surface area contributed by atoms with Crippen LogP contribution in [0, 0.1) is 0 Å². The molecule has 2 N–H and O–H groups in total. The Morgan fingerprint density at radius 3 is 2.38 bits per heavy atom. The van der Waals surface area contributed by atoms with E-state index in [-0.39, 0.29) is 0 Å². The van der Waals surface area contributed by atoms with Crippen LogP contribution in [0.5, 0.6) is 0 Å². The first-order valence-corrected chi connectivity index (χ1v) is 6.63. The van der Waals surface area contributed by atoms with Crippen molar-refractivity contribution in [3.05, 3.63) is 0 Å². The van der Waals surface area contributed by atoms with Crippen LogP contribution >= 0.6 is 0 Å². The molecule has 2 rings (SSSR count). The van der Waals surface area contributed by atoms with Gasteiger partial charge < -0.3 is 15.5 Å². The lowest BCUT2D eigenvalue weighted by atomic mass is 10.1. The fraction of sp³-hybridized carbons (Fsp3) is 1.00. The first kappa shape index (κ1) is 12.3. The lowest BCUT2D eigenvalue weighted by Crippen LogP contribution is -2.49. The molecule has 4 heteroatoms. The molecule has 2 aliphatic rings. The number of nitrogens with two attached hydrogens (primary N) is 1. The van der Waals surface area contributed by atoms with Gasteiger partial charge in [0.1, 0.15) is 0 Å². The predicted octanol–water partition coefficient (Wildman–Crippen LogP) is -0.343. The van der Waals surface area contributed by atoms with E-state index >= 15 is 0 Å². The van der Waals surface area contributed by atoms with Crippen LogP contribution in [0.25, 0.3) is 0 Å². The number of nitrogens with zero attached hydrogens (tertiary/aromatic N) is 3. The number of hydrogen-bond donors (Lipinski definition) is 1. The first-order valence-electron chi connectivity index (χ1n) is 6.63. The average molecular weight is 226 g/mol. The summed E-state index contributed by atoms with van der Waals surface area (Å²) >= 11 is 0. The number of piperidine rings is 1. The largest absolute Gasteiger partial charge is 0.327 e. The van der Waals surface area contributed by atoms with Crippen molar-refractivity contribution < 1.29 is 0 Å². The van der Waals surface area contributed by atoms with E-state index in [1.807, 2.05) is 0 Å². The zero-order valence-electron chi connectivity index (χ0n) is 10.6. The summed E-state index contributed by atoms with van der Waals surface area (Å²) < 4.78 is 0. The maximum Gasteiger partial charge on any atom is 0.0168 e. The monoisotopic (exact) mass is 226 g/mol. The molecule has 0 bridgehead atoms. The highest BCUT2D eigenvalue weighted by Gasteiger charge is 2.18. The molecule has 0 aromatic rings. The normalized spacial score (nSPS) is 30.8. The summed E-state index contributed by atoms with van der Waals surface area (Å²) in [5.41, 5.74) is 5.99. The number of likely N-dealkylation sites (N-methyl/N-ethyl adjacent to an activating group) is 1. The van der Waals surface area contributed by atoms with Crippen LogP contribution in [0.15, 0.2) is 0 Å². The van der Waals surface area contributed by atoms with Crippen molar-refractivity contribution >= 4 is 0 Å². The van der Waals surface area contributed by atoms with Crippen LogP contribution in [0.4, 0.5) is 0 Å². The summed E-state index contributed by atoms with van der Waals surface area (Å²) in [6, 6.07) is 0.418. The van der Waals surface area contributed by atoms with Crippen LogP contribution in [-0.2, 0) is 0 Å². The van der Waals surface area contributed by atoms with E-state index in [0.717, 1.165) is 6.54 Å². The van der Waals surface area contributed by atoms with E-state index in [1.54, 1.807) is 0 Å².